The second kappa shape index (κ2) is 5.41. The van der Waals surface area contributed by atoms with Crippen LogP contribution in [0, 0.1) is 0 Å². The smallest absolute Gasteiger partial charge is 0.264 e. The molecule has 0 saturated carbocycles. The highest BCUT2D eigenvalue weighted by molar-refractivity contribution is 7.92. The third-order valence-electron chi connectivity index (χ3n) is 2.35. The Morgan fingerprint density at radius 3 is 2.56 bits per heavy atom. The van der Waals surface area contributed by atoms with Crippen molar-refractivity contribution in [1.82, 2.24) is 9.97 Å². The van der Waals surface area contributed by atoms with Crippen LogP contribution in [0.5, 0.6) is 0 Å². The normalized spacial score (nSPS) is 11.4. The van der Waals surface area contributed by atoms with Crippen molar-refractivity contribution in [2.75, 3.05) is 10.6 Å². The van der Waals surface area contributed by atoms with E-state index in [2.05, 4.69) is 14.7 Å². The van der Waals surface area contributed by atoms with Gasteiger partial charge < -0.3 is 4.98 Å². The highest BCUT2D eigenvalue weighted by Gasteiger charge is 2.14. The molecular formula is C11H12ClN3O2S. The summed E-state index contributed by atoms with van der Waals surface area (Å²) < 4.78 is 26.3. The third kappa shape index (κ3) is 3.02. The number of hydrogen-bond acceptors (Lipinski definition) is 3. The van der Waals surface area contributed by atoms with Crippen LogP contribution in [0.3, 0.4) is 0 Å². The van der Waals surface area contributed by atoms with Crippen LogP contribution in [-0.2, 0) is 16.4 Å². The van der Waals surface area contributed by atoms with Crippen LogP contribution in [0.25, 0.3) is 0 Å². The van der Waals surface area contributed by atoms with E-state index in [-0.39, 0.29) is 10.8 Å². The number of alkyl halides is 1. The van der Waals surface area contributed by atoms with Crippen molar-refractivity contribution in [2.45, 2.75) is 11.3 Å². The standard InChI is InChI=1S/C11H12ClN3O2S/c12-6-5-9-1-3-10(4-2-9)18(16,17)15-11-13-7-8-14-11/h1-4,7-8H,5-6H2,(H2,13,14,15). The molecule has 0 saturated heterocycles. The molecule has 1 heterocycles. The van der Waals surface area contributed by atoms with E-state index >= 15 is 0 Å². The fourth-order valence-corrected chi connectivity index (χ4v) is 2.65. The Morgan fingerprint density at radius 2 is 2.00 bits per heavy atom. The summed E-state index contributed by atoms with van der Waals surface area (Å²) in [6, 6.07) is 6.60. The van der Waals surface area contributed by atoms with E-state index in [9.17, 15) is 8.42 Å². The van der Waals surface area contributed by atoms with E-state index in [4.69, 9.17) is 11.6 Å². The molecule has 5 nitrogen and oxygen atoms in total. The number of nitrogens with zero attached hydrogens (tertiary/aromatic N) is 1. The van der Waals surface area contributed by atoms with E-state index < -0.39 is 10.0 Å². The average molecular weight is 286 g/mol. The van der Waals surface area contributed by atoms with Crippen LogP contribution in [0.1, 0.15) is 5.56 Å². The lowest BCUT2D eigenvalue weighted by molar-refractivity contribution is 0.601. The maximum atomic E-state index is 12.0. The number of benzene rings is 1. The molecule has 0 fully saturated rings. The summed E-state index contributed by atoms with van der Waals surface area (Å²) in [5, 5.41) is 0. The molecule has 0 atom stereocenters. The second-order valence-electron chi connectivity index (χ2n) is 3.63. The second-order valence-corrected chi connectivity index (χ2v) is 5.69. The number of nitrogens with one attached hydrogen (secondary N) is 2. The lowest BCUT2D eigenvalue weighted by Gasteiger charge is -2.06. The number of halogens is 1. The van der Waals surface area contributed by atoms with Crippen molar-refractivity contribution < 1.29 is 8.42 Å². The number of aryl methyl sites for hydroxylation is 1. The number of sulfonamides is 1. The summed E-state index contributed by atoms with van der Waals surface area (Å²) in [5.41, 5.74) is 1.00. The van der Waals surface area contributed by atoms with E-state index in [1.165, 1.54) is 6.20 Å². The number of aromatic nitrogens is 2. The van der Waals surface area contributed by atoms with Gasteiger partial charge in [0.25, 0.3) is 10.0 Å². The van der Waals surface area contributed by atoms with Gasteiger partial charge in [-0.25, -0.2) is 18.1 Å². The van der Waals surface area contributed by atoms with Gasteiger partial charge in [-0.1, -0.05) is 12.1 Å². The van der Waals surface area contributed by atoms with Crippen molar-refractivity contribution >= 4 is 27.6 Å². The molecule has 2 rings (SSSR count). The molecule has 2 aromatic rings. The topological polar surface area (TPSA) is 74.8 Å². The van der Waals surface area contributed by atoms with E-state index in [1.54, 1.807) is 30.5 Å². The predicted molar refractivity (Wildman–Crippen MR) is 70.3 cm³/mol. The summed E-state index contributed by atoms with van der Waals surface area (Å²) in [7, 11) is -3.59. The summed E-state index contributed by atoms with van der Waals surface area (Å²) in [6.07, 6.45) is 3.73. The highest BCUT2D eigenvalue weighted by atomic mass is 35.5. The van der Waals surface area contributed by atoms with Gasteiger partial charge >= 0.3 is 0 Å². The van der Waals surface area contributed by atoms with Gasteiger partial charge in [0, 0.05) is 18.3 Å². The molecule has 0 radical (unpaired) electrons. The Bertz CT molecular complexity index is 594. The molecule has 1 aromatic heterocycles. The maximum Gasteiger partial charge on any atom is 0.264 e. The molecule has 0 aliphatic heterocycles. The van der Waals surface area contributed by atoms with Gasteiger partial charge in [-0.15, -0.1) is 11.6 Å². The summed E-state index contributed by atoms with van der Waals surface area (Å²) in [4.78, 5) is 6.68. The number of imidazole rings is 1. The van der Waals surface area contributed by atoms with Gasteiger partial charge in [0.1, 0.15) is 0 Å². The lowest BCUT2D eigenvalue weighted by atomic mass is 10.2. The maximum absolute atomic E-state index is 12.0. The van der Waals surface area contributed by atoms with Crippen LogP contribution in [-0.4, -0.2) is 24.3 Å². The Morgan fingerprint density at radius 1 is 1.28 bits per heavy atom. The minimum absolute atomic E-state index is 0.192. The van der Waals surface area contributed by atoms with Crippen LogP contribution in [0.4, 0.5) is 5.95 Å². The molecule has 2 N–H and O–H groups in total. The summed E-state index contributed by atoms with van der Waals surface area (Å²) in [5.74, 6) is 0.705. The largest absolute Gasteiger partial charge is 0.330 e. The highest BCUT2D eigenvalue weighted by Crippen LogP contribution is 2.14. The third-order valence-corrected chi connectivity index (χ3v) is 3.89. The Labute approximate surface area is 110 Å². The first kappa shape index (κ1) is 12.9. The van der Waals surface area contributed by atoms with Gasteiger partial charge in [0.2, 0.25) is 5.95 Å². The number of rotatable bonds is 5. The predicted octanol–water partition coefficient (Wildman–Crippen LogP) is 1.99. The van der Waals surface area contributed by atoms with E-state index in [1.807, 2.05) is 0 Å². The fourth-order valence-electron chi connectivity index (χ4n) is 1.45. The zero-order chi connectivity index (χ0) is 13.0. The molecule has 18 heavy (non-hydrogen) atoms. The first-order chi connectivity index (χ1) is 8.62. The van der Waals surface area contributed by atoms with Crippen LogP contribution in [0.15, 0.2) is 41.6 Å². The van der Waals surface area contributed by atoms with Crippen molar-refractivity contribution in [1.29, 1.82) is 0 Å². The van der Waals surface area contributed by atoms with Crippen LogP contribution in [0.2, 0.25) is 0 Å². The average Bonchev–Trinajstić information content (AvgIpc) is 2.82. The number of hydrogen-bond donors (Lipinski definition) is 2. The molecule has 0 bridgehead atoms. The zero-order valence-corrected chi connectivity index (χ0v) is 11.0. The minimum Gasteiger partial charge on any atom is -0.330 e. The molecule has 0 aliphatic carbocycles. The van der Waals surface area contributed by atoms with Crippen molar-refractivity contribution in [3.63, 3.8) is 0 Å². The molecule has 0 spiro atoms. The van der Waals surface area contributed by atoms with Crippen molar-refractivity contribution in [3.05, 3.63) is 42.2 Å². The summed E-state index contributed by atoms with van der Waals surface area (Å²) >= 11 is 5.62. The Hall–Kier alpha value is -1.53. The first-order valence-electron chi connectivity index (χ1n) is 5.29. The van der Waals surface area contributed by atoms with Gasteiger partial charge in [-0.3, -0.25) is 0 Å². The molecule has 1 aromatic carbocycles. The molecule has 7 heteroatoms. The molecule has 0 unspecified atom stereocenters. The number of H-pyrrole nitrogens is 1. The van der Waals surface area contributed by atoms with Gasteiger partial charge in [-0.2, -0.15) is 0 Å². The summed E-state index contributed by atoms with van der Waals surface area (Å²) in [6.45, 7) is 0. The van der Waals surface area contributed by atoms with Gasteiger partial charge in [0.15, 0.2) is 0 Å². The van der Waals surface area contributed by atoms with E-state index in [0.29, 0.717) is 12.3 Å². The Balaban J connectivity index is 2.19. The SMILES string of the molecule is O=S(=O)(Nc1ncc[nH]1)c1ccc(CCCl)cc1. The van der Waals surface area contributed by atoms with Crippen molar-refractivity contribution in [3.8, 4) is 0 Å². The minimum atomic E-state index is -3.59. The molecule has 96 valence electrons. The Kier molecular flexibility index (Phi) is 3.88. The van der Waals surface area contributed by atoms with Crippen molar-refractivity contribution in [2.24, 2.45) is 0 Å². The quantitative estimate of drug-likeness (QED) is 0.825. The van der Waals surface area contributed by atoms with Crippen LogP contribution >= 0.6 is 11.6 Å². The van der Waals surface area contributed by atoms with Gasteiger partial charge in [0.05, 0.1) is 4.90 Å². The zero-order valence-electron chi connectivity index (χ0n) is 9.43. The fraction of sp³-hybridized carbons (Fsp3) is 0.182. The van der Waals surface area contributed by atoms with Crippen LogP contribution < -0.4 is 4.72 Å². The first-order valence-corrected chi connectivity index (χ1v) is 7.31. The van der Waals surface area contributed by atoms with Gasteiger partial charge in [-0.05, 0) is 24.1 Å². The number of anilines is 1. The number of aromatic amines is 1. The molecular weight excluding hydrogens is 274 g/mol. The molecule has 0 aliphatic rings. The molecule has 0 amide bonds. The lowest BCUT2D eigenvalue weighted by Crippen LogP contribution is -2.13. The van der Waals surface area contributed by atoms with E-state index in [0.717, 1.165) is 5.56 Å². The monoisotopic (exact) mass is 285 g/mol.